The molecule has 0 atom stereocenters. The van der Waals surface area contributed by atoms with Crippen molar-refractivity contribution in [1.29, 1.82) is 0 Å². The van der Waals surface area contributed by atoms with Crippen LogP contribution in [-0.2, 0) is 19.5 Å². The molecule has 3 heteroatoms. The molecule has 0 aliphatic carbocycles. The molecule has 2 rings (SSSR count). The maximum atomic E-state index is 4.38. The fraction of sp³-hybridized carbons (Fsp3) is 0.400. The molecule has 18 heavy (non-hydrogen) atoms. The van der Waals surface area contributed by atoms with E-state index >= 15 is 0 Å². The van der Waals surface area contributed by atoms with E-state index in [9.17, 15) is 0 Å². The van der Waals surface area contributed by atoms with Gasteiger partial charge in [-0.1, -0.05) is 37.3 Å². The third-order valence-electron chi connectivity index (χ3n) is 3.04. The van der Waals surface area contributed by atoms with E-state index in [2.05, 4.69) is 58.4 Å². The van der Waals surface area contributed by atoms with Crippen molar-refractivity contribution in [3.8, 4) is 0 Å². The largest absolute Gasteiger partial charge is 0.311 e. The maximum absolute atomic E-state index is 4.38. The fourth-order valence-corrected chi connectivity index (χ4v) is 2.04. The van der Waals surface area contributed by atoms with E-state index in [1.165, 1.54) is 11.3 Å². The van der Waals surface area contributed by atoms with Gasteiger partial charge in [-0.2, -0.15) is 5.10 Å². The highest BCUT2D eigenvalue weighted by Gasteiger charge is 2.01. The highest BCUT2D eigenvalue weighted by molar-refractivity contribution is 5.14. The van der Waals surface area contributed by atoms with Gasteiger partial charge >= 0.3 is 0 Å². The van der Waals surface area contributed by atoms with Crippen molar-refractivity contribution < 1.29 is 0 Å². The van der Waals surface area contributed by atoms with Crippen LogP contribution in [0.15, 0.2) is 42.6 Å². The Morgan fingerprint density at radius 2 is 2.00 bits per heavy atom. The monoisotopic (exact) mass is 243 g/mol. The van der Waals surface area contributed by atoms with Gasteiger partial charge < -0.3 is 5.32 Å². The maximum Gasteiger partial charge on any atom is 0.0522 e. The van der Waals surface area contributed by atoms with Crippen LogP contribution >= 0.6 is 0 Å². The molecule has 1 heterocycles. The lowest BCUT2D eigenvalue weighted by Gasteiger charge is -2.08. The Morgan fingerprint density at radius 1 is 1.17 bits per heavy atom. The number of benzene rings is 1. The van der Waals surface area contributed by atoms with Gasteiger partial charge in [-0.25, -0.2) is 0 Å². The lowest BCUT2D eigenvalue weighted by molar-refractivity contribution is 0.539. The molecule has 0 bridgehead atoms. The van der Waals surface area contributed by atoms with Gasteiger partial charge in [0.2, 0.25) is 0 Å². The minimum Gasteiger partial charge on any atom is -0.311 e. The highest BCUT2D eigenvalue weighted by atomic mass is 15.3. The van der Waals surface area contributed by atoms with E-state index in [0.717, 1.165) is 32.5 Å². The molecule has 0 aliphatic heterocycles. The second-order valence-corrected chi connectivity index (χ2v) is 4.42. The first kappa shape index (κ1) is 12.8. The van der Waals surface area contributed by atoms with Gasteiger partial charge in [0.1, 0.15) is 0 Å². The minimum absolute atomic E-state index is 0.905. The normalized spacial score (nSPS) is 10.7. The van der Waals surface area contributed by atoms with Gasteiger partial charge in [-0.05, 0) is 31.0 Å². The van der Waals surface area contributed by atoms with Crippen LogP contribution in [0.2, 0.25) is 0 Å². The van der Waals surface area contributed by atoms with Crippen molar-refractivity contribution in [2.75, 3.05) is 6.54 Å². The molecule has 1 N–H and O–H groups in total. The highest BCUT2D eigenvalue weighted by Crippen LogP contribution is 2.05. The third-order valence-corrected chi connectivity index (χ3v) is 3.04. The van der Waals surface area contributed by atoms with E-state index < -0.39 is 0 Å². The molecule has 0 aliphatic rings. The Bertz CT molecular complexity index is 448. The van der Waals surface area contributed by atoms with Crippen molar-refractivity contribution in [1.82, 2.24) is 15.1 Å². The van der Waals surface area contributed by atoms with Gasteiger partial charge in [0, 0.05) is 19.3 Å². The van der Waals surface area contributed by atoms with Crippen LogP contribution in [0.25, 0.3) is 0 Å². The molecule has 0 saturated heterocycles. The van der Waals surface area contributed by atoms with Crippen molar-refractivity contribution in [2.45, 2.75) is 32.9 Å². The summed E-state index contributed by atoms with van der Waals surface area (Å²) in [5.74, 6) is 0. The zero-order valence-electron chi connectivity index (χ0n) is 11.0. The second-order valence-electron chi connectivity index (χ2n) is 4.42. The molecular weight excluding hydrogens is 222 g/mol. The van der Waals surface area contributed by atoms with Crippen LogP contribution in [0.3, 0.4) is 0 Å². The zero-order valence-corrected chi connectivity index (χ0v) is 11.0. The number of rotatable bonds is 7. The SMILES string of the molecule is CCNCc1ccnn1CCCc1ccccc1. The van der Waals surface area contributed by atoms with Crippen LogP contribution < -0.4 is 5.32 Å². The lowest BCUT2D eigenvalue weighted by Crippen LogP contribution is -2.16. The summed E-state index contributed by atoms with van der Waals surface area (Å²) in [6, 6.07) is 12.7. The summed E-state index contributed by atoms with van der Waals surface area (Å²) < 4.78 is 2.10. The fourth-order valence-electron chi connectivity index (χ4n) is 2.04. The first-order valence-corrected chi connectivity index (χ1v) is 6.65. The third kappa shape index (κ3) is 3.70. The van der Waals surface area contributed by atoms with E-state index in [-0.39, 0.29) is 0 Å². The molecule has 0 unspecified atom stereocenters. The van der Waals surface area contributed by atoms with Crippen LogP contribution in [0.1, 0.15) is 24.6 Å². The van der Waals surface area contributed by atoms with Crippen molar-refractivity contribution in [3.63, 3.8) is 0 Å². The number of aryl methyl sites for hydroxylation is 2. The van der Waals surface area contributed by atoms with Crippen molar-refractivity contribution in [2.24, 2.45) is 0 Å². The van der Waals surface area contributed by atoms with Gasteiger partial charge in [0.15, 0.2) is 0 Å². The predicted molar refractivity (Wildman–Crippen MR) is 74.4 cm³/mol. The molecule has 96 valence electrons. The molecule has 0 spiro atoms. The Hall–Kier alpha value is -1.61. The predicted octanol–water partition coefficient (Wildman–Crippen LogP) is 2.63. The lowest BCUT2D eigenvalue weighted by atomic mass is 10.1. The van der Waals surface area contributed by atoms with E-state index in [1.807, 2.05) is 6.20 Å². The Kier molecular flexibility index (Phi) is 4.97. The summed E-state index contributed by atoms with van der Waals surface area (Å²) in [6.07, 6.45) is 4.13. The first-order valence-electron chi connectivity index (χ1n) is 6.65. The molecule has 0 amide bonds. The first-order chi connectivity index (χ1) is 8.90. The van der Waals surface area contributed by atoms with Gasteiger partial charge in [0.25, 0.3) is 0 Å². The quantitative estimate of drug-likeness (QED) is 0.810. The summed E-state index contributed by atoms with van der Waals surface area (Å²) in [5.41, 5.74) is 2.67. The van der Waals surface area contributed by atoms with Crippen LogP contribution in [-0.4, -0.2) is 16.3 Å². The standard InChI is InChI=1S/C15H21N3/c1-2-16-13-15-10-11-17-18(15)12-6-9-14-7-4-3-5-8-14/h3-5,7-8,10-11,16H,2,6,9,12-13H2,1H3. The topological polar surface area (TPSA) is 29.9 Å². The van der Waals surface area contributed by atoms with E-state index in [4.69, 9.17) is 0 Å². The smallest absolute Gasteiger partial charge is 0.0522 e. The molecule has 1 aromatic carbocycles. The van der Waals surface area contributed by atoms with E-state index in [1.54, 1.807) is 0 Å². The van der Waals surface area contributed by atoms with Crippen molar-refractivity contribution >= 4 is 0 Å². The molecule has 0 saturated carbocycles. The summed E-state index contributed by atoms with van der Waals surface area (Å²) in [4.78, 5) is 0. The number of hydrogen-bond acceptors (Lipinski definition) is 2. The Labute approximate surface area is 109 Å². The molecule has 0 radical (unpaired) electrons. The Balaban J connectivity index is 1.81. The number of nitrogens with zero attached hydrogens (tertiary/aromatic N) is 2. The number of aromatic nitrogens is 2. The summed E-state index contributed by atoms with van der Waals surface area (Å²) in [6.45, 7) is 5.01. The van der Waals surface area contributed by atoms with Crippen LogP contribution in [0, 0.1) is 0 Å². The molecule has 2 aromatic rings. The Morgan fingerprint density at radius 3 is 2.78 bits per heavy atom. The average molecular weight is 243 g/mol. The second kappa shape index (κ2) is 6.97. The summed E-state index contributed by atoms with van der Waals surface area (Å²) >= 11 is 0. The van der Waals surface area contributed by atoms with Gasteiger partial charge in [0.05, 0.1) is 5.69 Å². The average Bonchev–Trinajstić information content (AvgIpc) is 2.85. The number of nitrogens with one attached hydrogen (secondary N) is 1. The molecule has 3 nitrogen and oxygen atoms in total. The molecule has 1 aromatic heterocycles. The van der Waals surface area contributed by atoms with Crippen LogP contribution in [0.5, 0.6) is 0 Å². The summed E-state index contributed by atoms with van der Waals surface area (Å²) in [5, 5.41) is 7.72. The van der Waals surface area contributed by atoms with Gasteiger partial charge in [-0.15, -0.1) is 0 Å². The van der Waals surface area contributed by atoms with E-state index in [0.29, 0.717) is 0 Å². The van der Waals surface area contributed by atoms with Gasteiger partial charge in [-0.3, -0.25) is 4.68 Å². The van der Waals surface area contributed by atoms with Crippen LogP contribution in [0.4, 0.5) is 0 Å². The van der Waals surface area contributed by atoms with Crippen molar-refractivity contribution in [3.05, 3.63) is 53.9 Å². The molecular formula is C15H21N3. The summed E-state index contributed by atoms with van der Waals surface area (Å²) in [7, 11) is 0. The number of hydrogen-bond donors (Lipinski definition) is 1. The molecule has 0 fully saturated rings. The zero-order chi connectivity index (χ0) is 12.6. The minimum atomic E-state index is 0.905.